The lowest BCUT2D eigenvalue weighted by atomic mass is 9.96. The highest BCUT2D eigenvalue weighted by molar-refractivity contribution is 6.17. The number of halogens is 1. The van der Waals surface area contributed by atoms with E-state index >= 15 is 0 Å². The first kappa shape index (κ1) is 14.6. The van der Waals surface area contributed by atoms with Crippen LogP contribution in [0.1, 0.15) is 50.2 Å². The first-order valence-corrected chi connectivity index (χ1v) is 8.04. The van der Waals surface area contributed by atoms with Gasteiger partial charge >= 0.3 is 0 Å². The van der Waals surface area contributed by atoms with Crippen molar-refractivity contribution in [3.63, 3.8) is 0 Å². The van der Waals surface area contributed by atoms with Gasteiger partial charge in [-0.3, -0.25) is 0 Å². The minimum Gasteiger partial charge on any atom is -0.356 e. The maximum Gasteiger partial charge on any atom is 0.131 e. The number of aryl methyl sites for hydroxylation is 1. The lowest BCUT2D eigenvalue weighted by molar-refractivity contribution is 0.435. The molecule has 2 nitrogen and oxygen atoms in total. The second-order valence-electron chi connectivity index (χ2n) is 5.69. The fourth-order valence-electron chi connectivity index (χ4n) is 3.10. The number of anilines is 1. The van der Waals surface area contributed by atoms with Crippen LogP contribution in [0.5, 0.6) is 0 Å². The van der Waals surface area contributed by atoms with Gasteiger partial charge in [-0.2, -0.15) is 0 Å². The predicted molar refractivity (Wildman–Crippen MR) is 83.0 cm³/mol. The molecule has 1 aromatic rings. The Morgan fingerprint density at radius 3 is 2.89 bits per heavy atom. The highest BCUT2D eigenvalue weighted by atomic mass is 35.5. The van der Waals surface area contributed by atoms with E-state index in [1.54, 1.807) is 0 Å². The Balaban J connectivity index is 2.05. The zero-order chi connectivity index (χ0) is 13.7. The van der Waals surface area contributed by atoms with Gasteiger partial charge in [0, 0.05) is 25.2 Å². The summed E-state index contributed by atoms with van der Waals surface area (Å²) in [4.78, 5) is 7.09. The maximum absolute atomic E-state index is 5.86. The number of aromatic nitrogens is 1. The van der Waals surface area contributed by atoms with Gasteiger partial charge in [0.25, 0.3) is 0 Å². The van der Waals surface area contributed by atoms with Crippen molar-refractivity contribution in [3.05, 3.63) is 23.4 Å². The molecule has 0 N–H and O–H groups in total. The van der Waals surface area contributed by atoms with E-state index in [9.17, 15) is 0 Å². The van der Waals surface area contributed by atoms with Crippen molar-refractivity contribution in [2.24, 2.45) is 5.92 Å². The van der Waals surface area contributed by atoms with Crippen LogP contribution in [0, 0.1) is 12.8 Å². The van der Waals surface area contributed by atoms with Crippen molar-refractivity contribution in [2.45, 2.75) is 51.8 Å². The molecule has 0 spiro atoms. The normalized spacial score (nSPS) is 20.4. The first-order chi connectivity index (χ1) is 9.24. The Hall–Kier alpha value is -0.760. The monoisotopic (exact) mass is 280 g/mol. The molecule has 19 heavy (non-hydrogen) atoms. The number of hydrogen-bond donors (Lipinski definition) is 0. The standard InChI is InChI=1S/C16H25ClN2/c1-3-5-14-6-4-8-19(9-7-14)16-13(2)10-15(11-17)12-18-16/h10,12,14H,3-9,11H2,1-2H3. The average Bonchev–Trinajstić information content (AvgIpc) is 2.65. The van der Waals surface area contributed by atoms with E-state index in [1.165, 1.54) is 37.7 Å². The van der Waals surface area contributed by atoms with Crippen LogP contribution in [0.25, 0.3) is 0 Å². The molecule has 1 unspecified atom stereocenters. The minimum absolute atomic E-state index is 0.548. The number of pyridine rings is 1. The lowest BCUT2D eigenvalue weighted by Gasteiger charge is -2.23. The second-order valence-corrected chi connectivity index (χ2v) is 5.96. The van der Waals surface area contributed by atoms with Crippen molar-refractivity contribution in [1.29, 1.82) is 0 Å². The number of nitrogens with zero attached hydrogens (tertiary/aromatic N) is 2. The van der Waals surface area contributed by atoms with Crippen LogP contribution in [0.2, 0.25) is 0 Å². The molecule has 1 aromatic heterocycles. The van der Waals surface area contributed by atoms with Crippen LogP contribution in [0.4, 0.5) is 5.82 Å². The van der Waals surface area contributed by atoms with Gasteiger partial charge in [-0.15, -0.1) is 11.6 Å². The van der Waals surface area contributed by atoms with Crippen LogP contribution in [0.3, 0.4) is 0 Å². The van der Waals surface area contributed by atoms with Gasteiger partial charge in [-0.1, -0.05) is 19.8 Å². The third-order valence-corrected chi connectivity index (χ3v) is 4.41. The zero-order valence-corrected chi connectivity index (χ0v) is 12.9. The summed E-state index contributed by atoms with van der Waals surface area (Å²) in [6.07, 6.45) is 8.60. The molecular formula is C16H25ClN2. The topological polar surface area (TPSA) is 16.1 Å². The number of rotatable bonds is 4. The molecule has 2 rings (SSSR count). The van der Waals surface area contributed by atoms with Gasteiger partial charge in [0.05, 0.1) is 0 Å². The van der Waals surface area contributed by atoms with Gasteiger partial charge in [0.15, 0.2) is 0 Å². The van der Waals surface area contributed by atoms with Gasteiger partial charge < -0.3 is 4.90 Å². The van der Waals surface area contributed by atoms with E-state index < -0.39 is 0 Å². The molecule has 1 saturated heterocycles. The molecule has 2 heterocycles. The van der Waals surface area contributed by atoms with Crippen LogP contribution < -0.4 is 4.90 Å². The molecule has 1 aliphatic rings. The molecule has 1 fully saturated rings. The van der Waals surface area contributed by atoms with Crippen LogP contribution in [-0.2, 0) is 5.88 Å². The summed E-state index contributed by atoms with van der Waals surface area (Å²) < 4.78 is 0. The van der Waals surface area contributed by atoms with Crippen LogP contribution >= 0.6 is 11.6 Å². The minimum atomic E-state index is 0.548. The third kappa shape index (κ3) is 3.85. The van der Waals surface area contributed by atoms with Crippen LogP contribution in [0.15, 0.2) is 12.3 Å². The quantitative estimate of drug-likeness (QED) is 0.753. The molecule has 0 aromatic carbocycles. The van der Waals surface area contributed by atoms with Gasteiger partial charge in [0.1, 0.15) is 5.82 Å². The summed E-state index contributed by atoms with van der Waals surface area (Å²) in [5.41, 5.74) is 2.37. The summed E-state index contributed by atoms with van der Waals surface area (Å²) in [6.45, 7) is 6.74. The van der Waals surface area contributed by atoms with E-state index in [4.69, 9.17) is 11.6 Å². The summed E-state index contributed by atoms with van der Waals surface area (Å²) in [7, 11) is 0. The van der Waals surface area contributed by atoms with Gasteiger partial charge in [0.2, 0.25) is 0 Å². The Kier molecular flexibility index (Phi) is 5.50. The van der Waals surface area contributed by atoms with Gasteiger partial charge in [-0.25, -0.2) is 4.98 Å². The van der Waals surface area contributed by atoms with Crippen molar-refractivity contribution < 1.29 is 0 Å². The highest BCUT2D eigenvalue weighted by Gasteiger charge is 2.18. The molecule has 3 heteroatoms. The first-order valence-electron chi connectivity index (χ1n) is 7.51. The molecular weight excluding hydrogens is 256 g/mol. The third-order valence-electron chi connectivity index (χ3n) is 4.11. The van der Waals surface area contributed by atoms with E-state index in [-0.39, 0.29) is 0 Å². The predicted octanol–water partition coefficient (Wildman–Crippen LogP) is 4.54. The fourth-order valence-corrected chi connectivity index (χ4v) is 3.25. The number of alkyl halides is 1. The summed E-state index contributed by atoms with van der Waals surface area (Å²) in [6, 6.07) is 2.17. The SMILES string of the molecule is CCCC1CCCN(c2ncc(CCl)cc2C)CC1. The molecule has 1 atom stereocenters. The second kappa shape index (κ2) is 7.14. The van der Waals surface area contributed by atoms with Crippen molar-refractivity contribution in [2.75, 3.05) is 18.0 Å². The lowest BCUT2D eigenvalue weighted by Crippen LogP contribution is -2.26. The van der Waals surface area contributed by atoms with Crippen molar-refractivity contribution in [1.82, 2.24) is 4.98 Å². The highest BCUT2D eigenvalue weighted by Crippen LogP contribution is 2.26. The zero-order valence-electron chi connectivity index (χ0n) is 12.2. The number of hydrogen-bond acceptors (Lipinski definition) is 2. The smallest absolute Gasteiger partial charge is 0.131 e. The van der Waals surface area contributed by atoms with Crippen molar-refractivity contribution in [3.8, 4) is 0 Å². The van der Waals surface area contributed by atoms with Crippen LogP contribution in [-0.4, -0.2) is 18.1 Å². The fraction of sp³-hybridized carbons (Fsp3) is 0.688. The summed E-state index contributed by atoms with van der Waals surface area (Å²) in [5, 5.41) is 0. The molecule has 1 aliphatic heterocycles. The Morgan fingerprint density at radius 2 is 2.21 bits per heavy atom. The van der Waals surface area contributed by atoms with E-state index in [1.807, 2.05) is 6.20 Å². The summed E-state index contributed by atoms with van der Waals surface area (Å²) in [5.74, 6) is 2.62. The van der Waals surface area contributed by atoms with E-state index in [0.717, 1.165) is 30.4 Å². The molecule has 106 valence electrons. The summed E-state index contributed by atoms with van der Waals surface area (Å²) >= 11 is 5.86. The Bertz CT molecular complexity index is 406. The molecule has 0 aliphatic carbocycles. The molecule has 0 bridgehead atoms. The Morgan fingerprint density at radius 1 is 1.37 bits per heavy atom. The Labute approximate surface area is 122 Å². The average molecular weight is 281 g/mol. The maximum atomic E-state index is 5.86. The van der Waals surface area contributed by atoms with Gasteiger partial charge in [-0.05, 0) is 49.3 Å². The molecule has 0 amide bonds. The van der Waals surface area contributed by atoms with Crippen molar-refractivity contribution >= 4 is 17.4 Å². The van der Waals surface area contributed by atoms with E-state index in [2.05, 4.69) is 29.8 Å². The molecule has 0 saturated carbocycles. The largest absolute Gasteiger partial charge is 0.356 e. The van der Waals surface area contributed by atoms with E-state index in [0.29, 0.717) is 5.88 Å². The molecule has 0 radical (unpaired) electrons.